The van der Waals surface area contributed by atoms with Crippen molar-refractivity contribution in [1.29, 1.82) is 0 Å². The van der Waals surface area contributed by atoms with Crippen LogP contribution in [0, 0.1) is 6.92 Å². The van der Waals surface area contributed by atoms with Crippen LogP contribution in [0.5, 0.6) is 5.75 Å². The molecule has 0 aliphatic heterocycles. The molecule has 138 valence electrons. The van der Waals surface area contributed by atoms with E-state index in [2.05, 4.69) is 10.6 Å². The van der Waals surface area contributed by atoms with E-state index in [1.165, 1.54) is 0 Å². The third-order valence-electron chi connectivity index (χ3n) is 3.93. The Kier molecular flexibility index (Phi) is 7.04. The molecular weight excluding hydrogens is 352 g/mol. The van der Waals surface area contributed by atoms with Gasteiger partial charge in [-0.1, -0.05) is 30.7 Å². The van der Waals surface area contributed by atoms with Gasteiger partial charge in [0.25, 0.3) is 11.8 Å². The number of para-hydroxylation sites is 1. The molecule has 0 bridgehead atoms. The van der Waals surface area contributed by atoms with Gasteiger partial charge in [0.05, 0.1) is 11.3 Å². The van der Waals surface area contributed by atoms with Crippen LogP contribution < -0.4 is 15.4 Å². The molecule has 2 rings (SSSR count). The van der Waals surface area contributed by atoms with E-state index in [1.807, 2.05) is 20.8 Å². The Balaban J connectivity index is 2.00. The van der Waals surface area contributed by atoms with Gasteiger partial charge in [0.2, 0.25) is 0 Å². The molecule has 0 aliphatic carbocycles. The molecule has 0 aliphatic rings. The Morgan fingerprint density at radius 3 is 2.62 bits per heavy atom. The van der Waals surface area contributed by atoms with Crippen LogP contribution in [0.15, 0.2) is 42.5 Å². The van der Waals surface area contributed by atoms with Crippen molar-refractivity contribution < 1.29 is 14.3 Å². The summed E-state index contributed by atoms with van der Waals surface area (Å²) >= 11 is 5.97. The number of carbonyl (C=O) groups excluding carboxylic acids is 2. The summed E-state index contributed by atoms with van der Waals surface area (Å²) in [6.07, 6.45) is 0.828. The Morgan fingerprint density at radius 1 is 1.19 bits per heavy atom. The fourth-order valence-corrected chi connectivity index (χ4v) is 2.35. The number of nitrogens with one attached hydrogen (secondary N) is 2. The van der Waals surface area contributed by atoms with Gasteiger partial charge in [-0.05, 0) is 56.2 Å². The number of anilines is 1. The topological polar surface area (TPSA) is 67.4 Å². The van der Waals surface area contributed by atoms with E-state index in [1.54, 1.807) is 42.5 Å². The van der Waals surface area contributed by atoms with Crippen LogP contribution in [0.25, 0.3) is 0 Å². The number of benzene rings is 2. The molecule has 0 spiro atoms. The minimum atomic E-state index is -0.346. The van der Waals surface area contributed by atoms with E-state index < -0.39 is 0 Å². The number of ether oxygens (including phenoxy) is 1. The molecular formula is C20H23ClN2O3. The highest BCUT2D eigenvalue weighted by Gasteiger charge is 2.14. The van der Waals surface area contributed by atoms with Crippen LogP contribution in [0.1, 0.15) is 36.2 Å². The van der Waals surface area contributed by atoms with E-state index in [4.69, 9.17) is 16.3 Å². The number of amides is 2. The fraction of sp³-hybridized carbons (Fsp3) is 0.300. The molecule has 0 radical (unpaired) electrons. The molecule has 0 saturated carbocycles. The maximum Gasteiger partial charge on any atom is 0.262 e. The highest BCUT2D eigenvalue weighted by molar-refractivity contribution is 6.31. The molecule has 2 amide bonds. The molecule has 0 aromatic heterocycles. The summed E-state index contributed by atoms with van der Waals surface area (Å²) in [5, 5.41) is 6.26. The van der Waals surface area contributed by atoms with Crippen molar-refractivity contribution in [2.75, 3.05) is 11.9 Å². The monoisotopic (exact) mass is 374 g/mol. The van der Waals surface area contributed by atoms with Crippen molar-refractivity contribution in [2.24, 2.45) is 0 Å². The summed E-state index contributed by atoms with van der Waals surface area (Å²) < 4.78 is 5.49. The first-order valence-electron chi connectivity index (χ1n) is 8.49. The number of halogens is 1. The first-order chi connectivity index (χ1) is 12.4. The molecule has 0 unspecified atom stereocenters. The quantitative estimate of drug-likeness (QED) is 0.763. The SMILES string of the molecule is CC[C@H](C)NC(=O)c1ccccc1NC(=O)COc1ccc(Cl)c(C)c1. The number of carbonyl (C=O) groups is 2. The molecule has 0 heterocycles. The first kappa shape index (κ1) is 19.8. The number of hydrogen-bond donors (Lipinski definition) is 2. The second-order valence-electron chi connectivity index (χ2n) is 6.08. The van der Waals surface area contributed by atoms with Gasteiger partial charge in [0.15, 0.2) is 6.61 Å². The van der Waals surface area contributed by atoms with Crippen molar-refractivity contribution in [3.8, 4) is 5.75 Å². The molecule has 26 heavy (non-hydrogen) atoms. The Labute approximate surface area is 158 Å². The van der Waals surface area contributed by atoms with Gasteiger partial charge in [-0.25, -0.2) is 0 Å². The summed E-state index contributed by atoms with van der Waals surface area (Å²) in [4.78, 5) is 24.6. The van der Waals surface area contributed by atoms with E-state index in [0.29, 0.717) is 22.0 Å². The second kappa shape index (κ2) is 9.25. The smallest absolute Gasteiger partial charge is 0.262 e. The van der Waals surface area contributed by atoms with Crippen molar-refractivity contribution in [3.63, 3.8) is 0 Å². The van der Waals surface area contributed by atoms with E-state index in [0.717, 1.165) is 12.0 Å². The molecule has 0 fully saturated rings. The maximum absolute atomic E-state index is 12.4. The largest absolute Gasteiger partial charge is 0.484 e. The maximum atomic E-state index is 12.4. The van der Waals surface area contributed by atoms with E-state index >= 15 is 0 Å². The predicted octanol–water partition coefficient (Wildman–Crippen LogP) is 4.19. The minimum Gasteiger partial charge on any atom is -0.484 e. The van der Waals surface area contributed by atoms with Gasteiger partial charge in [0, 0.05) is 11.1 Å². The minimum absolute atomic E-state index is 0.0581. The van der Waals surface area contributed by atoms with Gasteiger partial charge < -0.3 is 15.4 Å². The van der Waals surface area contributed by atoms with Gasteiger partial charge in [-0.15, -0.1) is 0 Å². The van der Waals surface area contributed by atoms with E-state index in [9.17, 15) is 9.59 Å². The highest BCUT2D eigenvalue weighted by atomic mass is 35.5. The summed E-state index contributed by atoms with van der Waals surface area (Å²) in [6, 6.07) is 12.1. The first-order valence-corrected chi connectivity index (χ1v) is 8.87. The molecule has 5 nitrogen and oxygen atoms in total. The molecule has 1 atom stereocenters. The van der Waals surface area contributed by atoms with Crippen molar-refractivity contribution in [3.05, 3.63) is 58.6 Å². The van der Waals surface area contributed by atoms with Crippen molar-refractivity contribution in [2.45, 2.75) is 33.2 Å². The zero-order valence-electron chi connectivity index (χ0n) is 15.1. The Hall–Kier alpha value is -2.53. The lowest BCUT2D eigenvalue weighted by molar-refractivity contribution is -0.118. The lowest BCUT2D eigenvalue weighted by Crippen LogP contribution is -2.33. The average Bonchev–Trinajstić information content (AvgIpc) is 2.63. The average molecular weight is 375 g/mol. The second-order valence-corrected chi connectivity index (χ2v) is 6.48. The number of aryl methyl sites for hydroxylation is 1. The normalized spacial score (nSPS) is 11.5. The highest BCUT2D eigenvalue weighted by Crippen LogP contribution is 2.21. The summed E-state index contributed by atoms with van der Waals surface area (Å²) in [5.41, 5.74) is 1.74. The van der Waals surface area contributed by atoms with Crippen LogP contribution in [0.4, 0.5) is 5.69 Å². The molecule has 2 aromatic carbocycles. The van der Waals surface area contributed by atoms with Crippen LogP contribution in [-0.4, -0.2) is 24.5 Å². The zero-order valence-corrected chi connectivity index (χ0v) is 15.9. The lowest BCUT2D eigenvalue weighted by atomic mass is 10.1. The van der Waals surface area contributed by atoms with Crippen LogP contribution in [0.3, 0.4) is 0 Å². The third kappa shape index (κ3) is 5.49. The van der Waals surface area contributed by atoms with Gasteiger partial charge in [-0.3, -0.25) is 9.59 Å². The van der Waals surface area contributed by atoms with Crippen LogP contribution in [-0.2, 0) is 4.79 Å². The van der Waals surface area contributed by atoms with Crippen LogP contribution >= 0.6 is 11.6 Å². The molecule has 0 saturated heterocycles. The van der Waals surface area contributed by atoms with Gasteiger partial charge in [0.1, 0.15) is 5.75 Å². The molecule has 2 aromatic rings. The lowest BCUT2D eigenvalue weighted by Gasteiger charge is -2.15. The van der Waals surface area contributed by atoms with Gasteiger partial charge >= 0.3 is 0 Å². The fourth-order valence-electron chi connectivity index (χ4n) is 2.24. The summed E-state index contributed by atoms with van der Waals surface area (Å²) in [7, 11) is 0. The Bertz CT molecular complexity index is 792. The van der Waals surface area contributed by atoms with Crippen molar-refractivity contribution in [1.82, 2.24) is 5.32 Å². The molecule has 6 heteroatoms. The van der Waals surface area contributed by atoms with Crippen molar-refractivity contribution >= 4 is 29.1 Å². The number of hydrogen-bond acceptors (Lipinski definition) is 3. The number of rotatable bonds is 7. The summed E-state index contributed by atoms with van der Waals surface area (Å²) in [5.74, 6) is -0.00395. The Morgan fingerprint density at radius 2 is 1.92 bits per heavy atom. The van der Waals surface area contributed by atoms with Crippen LogP contribution in [0.2, 0.25) is 5.02 Å². The standard InChI is InChI=1S/C20H23ClN2O3/c1-4-14(3)22-20(25)16-7-5-6-8-18(16)23-19(24)12-26-15-9-10-17(21)13(2)11-15/h5-11,14H,4,12H2,1-3H3,(H,22,25)(H,23,24)/t14-/m0/s1. The predicted molar refractivity (Wildman–Crippen MR) is 104 cm³/mol. The van der Waals surface area contributed by atoms with Gasteiger partial charge in [-0.2, -0.15) is 0 Å². The zero-order chi connectivity index (χ0) is 19.1. The third-order valence-corrected chi connectivity index (χ3v) is 4.36. The summed E-state index contributed by atoms with van der Waals surface area (Å²) in [6.45, 7) is 5.62. The molecule has 2 N–H and O–H groups in total. The van der Waals surface area contributed by atoms with E-state index in [-0.39, 0.29) is 24.5 Å².